The molecule has 2 aliphatic heterocycles. The molecule has 0 saturated carbocycles. The Morgan fingerprint density at radius 3 is 2.29 bits per heavy atom. The molecule has 0 radical (unpaired) electrons. The molecule has 2 bridgehead atoms. The van der Waals surface area contributed by atoms with Crippen molar-refractivity contribution < 1.29 is 0 Å². The molecule has 124 valence electrons. The molecular weight excluding hydrogens is 258 g/mol. The molecule has 2 saturated heterocycles. The molecule has 2 fully saturated rings. The zero-order valence-electron chi connectivity index (χ0n) is 14.6. The van der Waals surface area contributed by atoms with Crippen molar-refractivity contribution in [3.63, 3.8) is 0 Å². The maximum absolute atomic E-state index is 3.78. The van der Waals surface area contributed by atoms with E-state index in [2.05, 4.69) is 35.9 Å². The van der Waals surface area contributed by atoms with Crippen molar-refractivity contribution in [2.75, 3.05) is 32.7 Å². The fourth-order valence-electron chi connectivity index (χ4n) is 4.36. The van der Waals surface area contributed by atoms with Gasteiger partial charge in [0.25, 0.3) is 0 Å². The predicted octanol–water partition coefficient (Wildman–Crippen LogP) is 3.10. The zero-order chi connectivity index (χ0) is 15.1. The zero-order valence-corrected chi connectivity index (χ0v) is 14.6. The Kier molecular flexibility index (Phi) is 7.48. The Morgan fingerprint density at radius 2 is 1.71 bits per heavy atom. The van der Waals surface area contributed by atoms with Gasteiger partial charge in [0.05, 0.1) is 0 Å². The molecule has 21 heavy (non-hydrogen) atoms. The van der Waals surface area contributed by atoms with E-state index in [4.69, 9.17) is 0 Å². The molecule has 2 aliphatic rings. The Morgan fingerprint density at radius 1 is 1.00 bits per heavy atom. The third-order valence-corrected chi connectivity index (χ3v) is 5.47. The van der Waals surface area contributed by atoms with Gasteiger partial charge in [-0.1, -0.05) is 27.2 Å². The summed E-state index contributed by atoms with van der Waals surface area (Å²) in [6, 6.07) is 2.49. The van der Waals surface area contributed by atoms with Crippen molar-refractivity contribution in [1.29, 1.82) is 0 Å². The topological polar surface area (TPSA) is 18.5 Å². The SMILES string of the molecule is CCCNC1CC2CCCC(C1)N2CCN(CC)CCC. The first-order valence-corrected chi connectivity index (χ1v) is 9.49. The lowest BCUT2D eigenvalue weighted by molar-refractivity contribution is 0.0176. The van der Waals surface area contributed by atoms with Crippen molar-refractivity contribution in [3.8, 4) is 0 Å². The molecule has 1 N–H and O–H groups in total. The summed E-state index contributed by atoms with van der Waals surface area (Å²) in [4.78, 5) is 5.49. The second kappa shape index (κ2) is 9.12. The summed E-state index contributed by atoms with van der Waals surface area (Å²) in [5.74, 6) is 0. The number of likely N-dealkylation sites (N-methyl/N-ethyl adjacent to an activating group) is 1. The smallest absolute Gasteiger partial charge is 0.0115 e. The molecular formula is C18H37N3. The second-order valence-corrected chi connectivity index (χ2v) is 7.03. The maximum atomic E-state index is 3.78. The first kappa shape index (κ1) is 17.2. The molecule has 2 atom stereocenters. The van der Waals surface area contributed by atoms with Crippen LogP contribution < -0.4 is 5.32 Å². The Hall–Kier alpha value is -0.120. The van der Waals surface area contributed by atoms with Gasteiger partial charge in [0.1, 0.15) is 0 Å². The summed E-state index contributed by atoms with van der Waals surface area (Å²) in [5, 5.41) is 3.78. The number of nitrogens with one attached hydrogen (secondary N) is 1. The summed E-state index contributed by atoms with van der Waals surface area (Å²) in [6.45, 7) is 13.1. The molecule has 0 aromatic heterocycles. The fourth-order valence-corrected chi connectivity index (χ4v) is 4.36. The second-order valence-electron chi connectivity index (χ2n) is 7.03. The summed E-state index contributed by atoms with van der Waals surface area (Å²) in [6.07, 6.45) is 9.63. The van der Waals surface area contributed by atoms with E-state index in [9.17, 15) is 0 Å². The molecule has 3 heteroatoms. The van der Waals surface area contributed by atoms with Gasteiger partial charge in [0.2, 0.25) is 0 Å². The highest BCUT2D eigenvalue weighted by Gasteiger charge is 2.37. The number of hydrogen-bond acceptors (Lipinski definition) is 3. The van der Waals surface area contributed by atoms with E-state index in [0.717, 1.165) is 18.1 Å². The van der Waals surface area contributed by atoms with Crippen LogP contribution in [0.4, 0.5) is 0 Å². The molecule has 0 aromatic carbocycles. The lowest BCUT2D eigenvalue weighted by Gasteiger charge is -2.49. The van der Waals surface area contributed by atoms with Crippen LogP contribution in [0.15, 0.2) is 0 Å². The van der Waals surface area contributed by atoms with Crippen LogP contribution in [0.5, 0.6) is 0 Å². The van der Waals surface area contributed by atoms with E-state index in [1.807, 2.05) is 0 Å². The quantitative estimate of drug-likeness (QED) is 0.705. The summed E-state index contributed by atoms with van der Waals surface area (Å²) >= 11 is 0. The van der Waals surface area contributed by atoms with E-state index in [1.165, 1.54) is 77.7 Å². The molecule has 3 nitrogen and oxygen atoms in total. The Labute approximate surface area is 132 Å². The van der Waals surface area contributed by atoms with Crippen molar-refractivity contribution in [1.82, 2.24) is 15.1 Å². The largest absolute Gasteiger partial charge is 0.314 e. The molecule has 0 amide bonds. The van der Waals surface area contributed by atoms with Gasteiger partial charge in [-0.2, -0.15) is 0 Å². The number of hydrogen-bond donors (Lipinski definition) is 1. The van der Waals surface area contributed by atoms with Crippen LogP contribution in [0.2, 0.25) is 0 Å². The minimum atomic E-state index is 0.787. The normalized spacial score (nSPS) is 30.0. The van der Waals surface area contributed by atoms with Gasteiger partial charge in [-0.15, -0.1) is 0 Å². The standard InChI is InChI=1S/C18H37N3/c1-4-10-19-16-14-17-8-7-9-18(15-16)21(17)13-12-20(6-3)11-5-2/h16-19H,4-15H2,1-3H3. The first-order valence-electron chi connectivity index (χ1n) is 9.49. The summed E-state index contributed by atoms with van der Waals surface area (Å²) < 4.78 is 0. The highest BCUT2D eigenvalue weighted by atomic mass is 15.2. The highest BCUT2D eigenvalue weighted by molar-refractivity contribution is 4.95. The van der Waals surface area contributed by atoms with Gasteiger partial charge >= 0.3 is 0 Å². The van der Waals surface area contributed by atoms with E-state index in [-0.39, 0.29) is 0 Å². The van der Waals surface area contributed by atoms with E-state index in [1.54, 1.807) is 0 Å². The van der Waals surface area contributed by atoms with Gasteiger partial charge in [-0.05, 0) is 58.2 Å². The Balaban J connectivity index is 1.83. The van der Waals surface area contributed by atoms with Gasteiger partial charge in [-0.25, -0.2) is 0 Å². The highest BCUT2D eigenvalue weighted by Crippen LogP contribution is 2.33. The van der Waals surface area contributed by atoms with Gasteiger partial charge < -0.3 is 10.2 Å². The molecule has 2 rings (SSSR count). The molecule has 2 heterocycles. The third kappa shape index (κ3) is 4.94. The minimum Gasteiger partial charge on any atom is -0.314 e. The average molecular weight is 296 g/mol. The van der Waals surface area contributed by atoms with Crippen LogP contribution in [0.25, 0.3) is 0 Å². The monoisotopic (exact) mass is 295 g/mol. The first-order chi connectivity index (χ1) is 10.3. The minimum absolute atomic E-state index is 0.787. The van der Waals surface area contributed by atoms with Gasteiger partial charge in [0.15, 0.2) is 0 Å². The van der Waals surface area contributed by atoms with E-state index in [0.29, 0.717) is 0 Å². The van der Waals surface area contributed by atoms with Crippen molar-refractivity contribution in [3.05, 3.63) is 0 Å². The van der Waals surface area contributed by atoms with Crippen molar-refractivity contribution in [2.24, 2.45) is 0 Å². The summed E-state index contributed by atoms with van der Waals surface area (Å²) in [5.41, 5.74) is 0. The van der Waals surface area contributed by atoms with Crippen LogP contribution >= 0.6 is 0 Å². The number of nitrogens with zero attached hydrogens (tertiary/aromatic N) is 2. The molecule has 0 aliphatic carbocycles. The Bertz CT molecular complexity index is 268. The van der Waals surface area contributed by atoms with Gasteiger partial charge in [-0.3, -0.25) is 4.90 Å². The molecule has 2 unspecified atom stereocenters. The number of fused-ring (bicyclic) bond motifs is 2. The molecule has 0 spiro atoms. The maximum Gasteiger partial charge on any atom is 0.0115 e. The summed E-state index contributed by atoms with van der Waals surface area (Å²) in [7, 11) is 0. The lowest BCUT2D eigenvalue weighted by atomic mass is 9.81. The number of rotatable bonds is 9. The van der Waals surface area contributed by atoms with Crippen LogP contribution in [-0.2, 0) is 0 Å². The fraction of sp³-hybridized carbons (Fsp3) is 1.00. The van der Waals surface area contributed by atoms with Crippen LogP contribution in [0.3, 0.4) is 0 Å². The number of piperidine rings is 2. The van der Waals surface area contributed by atoms with E-state index < -0.39 is 0 Å². The average Bonchev–Trinajstić information content (AvgIpc) is 2.49. The van der Waals surface area contributed by atoms with Crippen molar-refractivity contribution in [2.45, 2.75) is 83.8 Å². The third-order valence-electron chi connectivity index (χ3n) is 5.47. The van der Waals surface area contributed by atoms with Crippen molar-refractivity contribution >= 4 is 0 Å². The predicted molar refractivity (Wildman–Crippen MR) is 91.9 cm³/mol. The molecule has 0 aromatic rings. The van der Waals surface area contributed by atoms with Crippen LogP contribution in [-0.4, -0.2) is 60.6 Å². The van der Waals surface area contributed by atoms with E-state index >= 15 is 0 Å². The van der Waals surface area contributed by atoms with Crippen LogP contribution in [0.1, 0.15) is 65.7 Å². The lowest BCUT2D eigenvalue weighted by Crippen LogP contribution is -2.57. The van der Waals surface area contributed by atoms with Crippen LogP contribution in [0, 0.1) is 0 Å². The van der Waals surface area contributed by atoms with Gasteiger partial charge in [0, 0.05) is 31.2 Å².